The van der Waals surface area contributed by atoms with Crippen LogP contribution >= 0.6 is 0 Å². The van der Waals surface area contributed by atoms with Gasteiger partial charge >= 0.3 is 0 Å². The Kier molecular flexibility index (Phi) is 4.50. The van der Waals surface area contributed by atoms with E-state index in [1.54, 1.807) is 16.8 Å². The smallest absolute Gasteiger partial charge is 0.165 e. The Hall–Kier alpha value is -2.60. The fourth-order valence-electron chi connectivity index (χ4n) is 2.15. The van der Waals surface area contributed by atoms with Crippen molar-refractivity contribution in [2.75, 3.05) is 0 Å². The van der Waals surface area contributed by atoms with Gasteiger partial charge in [-0.2, -0.15) is 0 Å². The molecule has 0 radical (unpaired) electrons. The van der Waals surface area contributed by atoms with Crippen molar-refractivity contribution in [2.45, 2.75) is 19.6 Å². The second-order valence-corrected chi connectivity index (χ2v) is 4.97. The van der Waals surface area contributed by atoms with E-state index in [1.165, 1.54) is 12.1 Å². The van der Waals surface area contributed by atoms with Crippen molar-refractivity contribution in [2.24, 2.45) is 0 Å². The predicted octanol–water partition coefficient (Wildman–Crippen LogP) is 2.15. The molecule has 112 valence electrons. The predicted molar refractivity (Wildman–Crippen MR) is 80.3 cm³/mol. The van der Waals surface area contributed by atoms with Gasteiger partial charge in [0.05, 0.1) is 13.1 Å². The molecule has 0 aliphatic carbocycles. The average molecular weight is 297 g/mol. The topological polar surface area (TPSA) is 55.6 Å². The Morgan fingerprint density at radius 3 is 2.45 bits per heavy atom. The molecule has 0 aliphatic rings. The van der Waals surface area contributed by atoms with Crippen molar-refractivity contribution in [3.63, 3.8) is 0 Å². The normalized spacial score (nSPS) is 10.8. The van der Waals surface area contributed by atoms with Crippen molar-refractivity contribution < 1.29 is 4.39 Å². The lowest BCUT2D eigenvalue weighted by Gasteiger charge is -2.06. The number of aromatic nitrogens is 4. The molecule has 0 fully saturated rings. The Morgan fingerprint density at radius 2 is 1.68 bits per heavy atom. The fourth-order valence-corrected chi connectivity index (χ4v) is 2.15. The van der Waals surface area contributed by atoms with Gasteiger partial charge in [-0.05, 0) is 33.7 Å². The number of hydrogen-bond acceptors (Lipinski definition) is 4. The summed E-state index contributed by atoms with van der Waals surface area (Å²) in [6.07, 6.45) is 0. The zero-order valence-electron chi connectivity index (χ0n) is 12.0. The van der Waals surface area contributed by atoms with Crippen LogP contribution in [0.25, 0.3) is 0 Å². The molecule has 0 unspecified atom stereocenters. The van der Waals surface area contributed by atoms with Crippen LogP contribution in [0.3, 0.4) is 0 Å². The van der Waals surface area contributed by atoms with Crippen molar-refractivity contribution in [1.82, 2.24) is 25.5 Å². The van der Waals surface area contributed by atoms with Crippen LogP contribution in [-0.4, -0.2) is 20.2 Å². The first-order chi connectivity index (χ1) is 10.8. The molecule has 5 nitrogen and oxygen atoms in total. The molecular formula is C16H16FN5. The molecule has 0 saturated heterocycles. The lowest BCUT2D eigenvalue weighted by atomic mass is 10.2. The minimum atomic E-state index is -0.226. The number of halogens is 1. The Bertz CT molecular complexity index is 709. The van der Waals surface area contributed by atoms with Gasteiger partial charge in [-0.25, -0.2) is 9.07 Å². The van der Waals surface area contributed by atoms with Gasteiger partial charge in [0, 0.05) is 6.54 Å². The first-order valence-electron chi connectivity index (χ1n) is 7.05. The van der Waals surface area contributed by atoms with Crippen LogP contribution in [0.2, 0.25) is 0 Å². The third-order valence-corrected chi connectivity index (χ3v) is 3.31. The molecular weight excluding hydrogens is 281 g/mol. The molecule has 0 atom stereocenters. The zero-order valence-corrected chi connectivity index (χ0v) is 12.0. The van der Waals surface area contributed by atoms with Crippen LogP contribution in [-0.2, 0) is 19.6 Å². The summed E-state index contributed by atoms with van der Waals surface area (Å²) in [5, 5.41) is 15.0. The molecule has 0 amide bonds. The summed E-state index contributed by atoms with van der Waals surface area (Å²) in [4.78, 5) is 0. The van der Waals surface area contributed by atoms with E-state index in [1.807, 2.05) is 30.3 Å². The van der Waals surface area contributed by atoms with Gasteiger partial charge in [0.25, 0.3) is 0 Å². The molecule has 3 aromatic rings. The van der Waals surface area contributed by atoms with E-state index in [0.29, 0.717) is 19.6 Å². The van der Waals surface area contributed by atoms with Crippen molar-refractivity contribution >= 4 is 0 Å². The molecule has 0 spiro atoms. The number of nitrogens with one attached hydrogen (secondary N) is 1. The lowest BCUT2D eigenvalue weighted by molar-refractivity contribution is 0.578. The number of tetrazole rings is 1. The quantitative estimate of drug-likeness (QED) is 0.757. The summed E-state index contributed by atoms with van der Waals surface area (Å²) < 4.78 is 14.6. The molecule has 3 rings (SSSR count). The van der Waals surface area contributed by atoms with Crippen LogP contribution in [0.5, 0.6) is 0 Å². The molecule has 1 aromatic heterocycles. The molecule has 0 saturated carbocycles. The Balaban J connectivity index is 1.57. The maximum absolute atomic E-state index is 12.8. The van der Waals surface area contributed by atoms with E-state index < -0.39 is 0 Å². The van der Waals surface area contributed by atoms with Gasteiger partial charge in [0.15, 0.2) is 5.82 Å². The van der Waals surface area contributed by atoms with E-state index in [0.717, 1.165) is 17.0 Å². The number of benzene rings is 2. The Labute approximate surface area is 127 Å². The summed E-state index contributed by atoms with van der Waals surface area (Å²) in [5.41, 5.74) is 2.16. The Morgan fingerprint density at radius 1 is 0.909 bits per heavy atom. The highest BCUT2D eigenvalue weighted by Gasteiger charge is 2.06. The van der Waals surface area contributed by atoms with Gasteiger partial charge in [-0.15, -0.1) is 5.10 Å². The highest BCUT2D eigenvalue weighted by atomic mass is 19.1. The monoisotopic (exact) mass is 297 g/mol. The average Bonchev–Trinajstić information content (AvgIpc) is 2.98. The third kappa shape index (κ3) is 3.73. The van der Waals surface area contributed by atoms with E-state index >= 15 is 0 Å². The van der Waals surface area contributed by atoms with Crippen molar-refractivity contribution in [1.29, 1.82) is 0 Å². The van der Waals surface area contributed by atoms with Crippen molar-refractivity contribution in [3.05, 3.63) is 77.4 Å². The zero-order chi connectivity index (χ0) is 15.2. The van der Waals surface area contributed by atoms with Crippen molar-refractivity contribution in [3.8, 4) is 0 Å². The van der Waals surface area contributed by atoms with E-state index in [-0.39, 0.29) is 5.82 Å². The summed E-state index contributed by atoms with van der Waals surface area (Å²) >= 11 is 0. The third-order valence-electron chi connectivity index (χ3n) is 3.31. The molecule has 1 N–H and O–H groups in total. The van der Waals surface area contributed by atoms with E-state index in [9.17, 15) is 4.39 Å². The molecule has 6 heteroatoms. The van der Waals surface area contributed by atoms with Crippen LogP contribution in [0.4, 0.5) is 4.39 Å². The number of hydrogen-bond donors (Lipinski definition) is 1. The van der Waals surface area contributed by atoms with Crippen LogP contribution in [0.15, 0.2) is 54.6 Å². The highest BCUT2D eigenvalue weighted by Crippen LogP contribution is 2.04. The fraction of sp³-hybridized carbons (Fsp3) is 0.188. The van der Waals surface area contributed by atoms with Gasteiger partial charge in [0.1, 0.15) is 5.82 Å². The highest BCUT2D eigenvalue weighted by molar-refractivity contribution is 5.16. The molecule has 2 aromatic carbocycles. The van der Waals surface area contributed by atoms with Gasteiger partial charge < -0.3 is 5.32 Å². The lowest BCUT2D eigenvalue weighted by Crippen LogP contribution is -2.17. The summed E-state index contributed by atoms with van der Waals surface area (Å²) in [6, 6.07) is 16.5. The van der Waals surface area contributed by atoms with Crippen LogP contribution < -0.4 is 5.32 Å². The molecule has 0 aliphatic heterocycles. The van der Waals surface area contributed by atoms with E-state index in [2.05, 4.69) is 20.8 Å². The summed E-state index contributed by atoms with van der Waals surface area (Å²) in [6.45, 7) is 1.83. The maximum atomic E-state index is 12.8. The molecule has 0 bridgehead atoms. The largest absolute Gasteiger partial charge is 0.306 e. The first kappa shape index (κ1) is 14.3. The van der Waals surface area contributed by atoms with E-state index in [4.69, 9.17) is 0 Å². The van der Waals surface area contributed by atoms with Crippen LogP contribution in [0.1, 0.15) is 17.0 Å². The first-order valence-corrected chi connectivity index (χ1v) is 7.05. The van der Waals surface area contributed by atoms with Gasteiger partial charge in [-0.1, -0.05) is 42.5 Å². The minimum Gasteiger partial charge on any atom is -0.306 e. The van der Waals surface area contributed by atoms with Gasteiger partial charge in [-0.3, -0.25) is 0 Å². The second kappa shape index (κ2) is 6.91. The molecule has 22 heavy (non-hydrogen) atoms. The molecule has 1 heterocycles. The van der Waals surface area contributed by atoms with Crippen LogP contribution in [0, 0.1) is 5.82 Å². The number of rotatable bonds is 6. The summed E-state index contributed by atoms with van der Waals surface area (Å²) in [5.74, 6) is 0.543. The maximum Gasteiger partial charge on any atom is 0.165 e. The number of nitrogens with zero attached hydrogens (tertiary/aromatic N) is 4. The van der Waals surface area contributed by atoms with Gasteiger partial charge in [0.2, 0.25) is 0 Å². The minimum absolute atomic E-state index is 0.226. The second-order valence-electron chi connectivity index (χ2n) is 4.97. The summed E-state index contributed by atoms with van der Waals surface area (Å²) in [7, 11) is 0. The SMILES string of the molecule is Fc1ccc(CNCc2nnnn2Cc2ccccc2)cc1. The standard InChI is InChI=1S/C16H16FN5/c17-15-8-6-13(7-9-15)10-18-11-16-19-20-21-22(16)12-14-4-2-1-3-5-14/h1-9,18H,10-12H2.